The third-order valence-corrected chi connectivity index (χ3v) is 4.21. The van der Waals surface area contributed by atoms with Crippen LogP contribution in [0.1, 0.15) is 26.2 Å². The van der Waals surface area contributed by atoms with E-state index in [1.807, 2.05) is 0 Å². The lowest BCUT2D eigenvalue weighted by atomic mass is 10.2. The number of hydrogen-bond donors (Lipinski definition) is 3. The van der Waals surface area contributed by atoms with Gasteiger partial charge in [-0.3, -0.25) is 4.79 Å². The van der Waals surface area contributed by atoms with Gasteiger partial charge in [-0.2, -0.15) is 0 Å². The first-order valence-electron chi connectivity index (χ1n) is 6.58. The van der Waals surface area contributed by atoms with E-state index in [4.69, 9.17) is 5.73 Å². The maximum Gasteiger partial charge on any atom is 0.243 e. The predicted octanol–water partition coefficient (Wildman–Crippen LogP) is 0.853. The molecule has 20 heavy (non-hydrogen) atoms. The zero-order valence-corrected chi connectivity index (χ0v) is 12.4. The first-order chi connectivity index (χ1) is 9.47. The molecule has 1 aromatic carbocycles. The van der Waals surface area contributed by atoms with E-state index in [0.717, 1.165) is 19.3 Å². The van der Waals surface area contributed by atoms with Gasteiger partial charge >= 0.3 is 0 Å². The minimum Gasteiger partial charge on any atom is -0.398 e. The molecule has 0 aromatic heterocycles. The second-order valence-corrected chi connectivity index (χ2v) is 6.15. The van der Waals surface area contributed by atoms with Crippen LogP contribution in [0.15, 0.2) is 29.2 Å². The number of hydrogen-bond acceptors (Lipinski definition) is 4. The molecule has 4 N–H and O–H groups in total. The smallest absolute Gasteiger partial charge is 0.243 e. The quantitative estimate of drug-likeness (QED) is 0.489. The van der Waals surface area contributed by atoms with Crippen molar-refractivity contribution in [3.05, 3.63) is 24.3 Å². The van der Waals surface area contributed by atoms with Crippen LogP contribution in [-0.4, -0.2) is 27.4 Å². The summed E-state index contributed by atoms with van der Waals surface area (Å²) in [5.74, 6) is -0.348. The maximum absolute atomic E-state index is 12.0. The number of nitrogens with two attached hydrogens (primary N) is 1. The number of benzene rings is 1. The number of carbonyl (C=O) groups excluding carboxylic acids is 1. The van der Waals surface area contributed by atoms with Crippen molar-refractivity contribution >= 4 is 21.6 Å². The van der Waals surface area contributed by atoms with E-state index in [0.29, 0.717) is 6.54 Å². The van der Waals surface area contributed by atoms with Gasteiger partial charge in [-0.25, -0.2) is 13.1 Å². The molecule has 0 radical (unpaired) electrons. The van der Waals surface area contributed by atoms with Gasteiger partial charge in [0.05, 0.1) is 12.2 Å². The van der Waals surface area contributed by atoms with E-state index in [1.165, 1.54) is 12.1 Å². The molecule has 0 aliphatic heterocycles. The average molecular weight is 299 g/mol. The molecule has 1 rings (SSSR count). The number of sulfonamides is 1. The van der Waals surface area contributed by atoms with E-state index in [9.17, 15) is 13.2 Å². The Balaban J connectivity index is 2.48. The number of carbonyl (C=O) groups is 1. The van der Waals surface area contributed by atoms with Crippen molar-refractivity contribution in [2.24, 2.45) is 0 Å². The molecule has 7 heteroatoms. The van der Waals surface area contributed by atoms with E-state index in [-0.39, 0.29) is 23.0 Å². The Kier molecular flexibility index (Phi) is 6.47. The summed E-state index contributed by atoms with van der Waals surface area (Å²) in [5.41, 5.74) is 5.76. The molecule has 0 saturated heterocycles. The largest absolute Gasteiger partial charge is 0.398 e. The molecule has 1 aromatic rings. The second kappa shape index (κ2) is 7.86. The molecule has 0 aliphatic carbocycles. The molecule has 0 atom stereocenters. The first-order valence-corrected chi connectivity index (χ1v) is 8.06. The Bertz CT molecular complexity index is 544. The SMILES string of the molecule is CCCCCNC(=O)CNS(=O)(=O)c1ccccc1N. The molecule has 112 valence electrons. The van der Waals surface area contributed by atoms with Crippen LogP contribution in [0.25, 0.3) is 0 Å². The highest BCUT2D eigenvalue weighted by Crippen LogP contribution is 2.16. The van der Waals surface area contributed by atoms with Gasteiger partial charge in [0.1, 0.15) is 4.90 Å². The van der Waals surface area contributed by atoms with E-state index in [1.54, 1.807) is 12.1 Å². The van der Waals surface area contributed by atoms with Crippen LogP contribution in [0.2, 0.25) is 0 Å². The van der Waals surface area contributed by atoms with Crippen LogP contribution in [0.5, 0.6) is 0 Å². The third-order valence-electron chi connectivity index (χ3n) is 2.73. The zero-order chi connectivity index (χ0) is 15.0. The van der Waals surface area contributed by atoms with Gasteiger partial charge in [0.2, 0.25) is 15.9 Å². The molecular weight excluding hydrogens is 278 g/mol. The first kappa shape index (κ1) is 16.5. The van der Waals surface area contributed by atoms with Crippen molar-refractivity contribution in [1.82, 2.24) is 10.0 Å². The fourth-order valence-corrected chi connectivity index (χ4v) is 2.74. The van der Waals surface area contributed by atoms with Crippen LogP contribution in [-0.2, 0) is 14.8 Å². The summed E-state index contributed by atoms with van der Waals surface area (Å²) in [5, 5.41) is 2.66. The van der Waals surface area contributed by atoms with Crippen LogP contribution in [0.4, 0.5) is 5.69 Å². The number of nitrogens with one attached hydrogen (secondary N) is 2. The van der Waals surface area contributed by atoms with Crippen LogP contribution in [0, 0.1) is 0 Å². The fraction of sp³-hybridized carbons (Fsp3) is 0.462. The third kappa shape index (κ3) is 5.18. The van der Waals surface area contributed by atoms with Gasteiger partial charge in [-0.1, -0.05) is 31.9 Å². The standard InChI is InChI=1S/C13H21N3O3S/c1-2-3-6-9-15-13(17)10-16-20(18,19)12-8-5-4-7-11(12)14/h4-5,7-8,16H,2-3,6,9-10,14H2,1H3,(H,15,17). The van der Waals surface area contributed by atoms with Crippen molar-refractivity contribution in [3.8, 4) is 0 Å². The average Bonchev–Trinajstić information content (AvgIpc) is 2.42. The second-order valence-electron chi connectivity index (χ2n) is 4.42. The molecular formula is C13H21N3O3S. The highest BCUT2D eigenvalue weighted by atomic mass is 32.2. The predicted molar refractivity (Wildman–Crippen MR) is 78.6 cm³/mol. The fourth-order valence-electron chi connectivity index (χ4n) is 1.63. The van der Waals surface area contributed by atoms with Crippen molar-refractivity contribution in [1.29, 1.82) is 0 Å². The van der Waals surface area contributed by atoms with Gasteiger partial charge < -0.3 is 11.1 Å². The van der Waals surface area contributed by atoms with E-state index in [2.05, 4.69) is 17.0 Å². The van der Waals surface area contributed by atoms with Crippen molar-refractivity contribution in [2.45, 2.75) is 31.1 Å². The van der Waals surface area contributed by atoms with Gasteiger partial charge in [0.15, 0.2) is 0 Å². The topological polar surface area (TPSA) is 101 Å². The molecule has 6 nitrogen and oxygen atoms in total. The molecule has 0 saturated carbocycles. The molecule has 0 spiro atoms. The van der Waals surface area contributed by atoms with Crippen LogP contribution < -0.4 is 15.8 Å². The number of nitrogen functional groups attached to an aromatic ring is 1. The Morgan fingerprint density at radius 1 is 1.25 bits per heavy atom. The number of anilines is 1. The van der Waals surface area contributed by atoms with Crippen molar-refractivity contribution < 1.29 is 13.2 Å². The zero-order valence-electron chi connectivity index (χ0n) is 11.6. The summed E-state index contributed by atoms with van der Waals surface area (Å²) in [7, 11) is -3.76. The molecule has 0 fully saturated rings. The highest BCUT2D eigenvalue weighted by Gasteiger charge is 2.17. The molecule has 0 aliphatic rings. The molecule has 1 amide bonds. The van der Waals surface area contributed by atoms with Gasteiger partial charge in [-0.05, 0) is 18.6 Å². The van der Waals surface area contributed by atoms with Crippen molar-refractivity contribution in [2.75, 3.05) is 18.8 Å². The maximum atomic E-state index is 12.0. The summed E-state index contributed by atoms with van der Waals surface area (Å²) in [6.45, 7) is 2.34. The number of unbranched alkanes of at least 4 members (excludes halogenated alkanes) is 2. The van der Waals surface area contributed by atoms with E-state index < -0.39 is 10.0 Å². The Morgan fingerprint density at radius 3 is 2.60 bits per heavy atom. The number of rotatable bonds is 8. The van der Waals surface area contributed by atoms with Crippen LogP contribution >= 0.6 is 0 Å². The monoisotopic (exact) mass is 299 g/mol. The minimum atomic E-state index is -3.76. The number of para-hydroxylation sites is 1. The summed E-state index contributed by atoms with van der Waals surface area (Å²) in [6, 6.07) is 6.13. The highest BCUT2D eigenvalue weighted by molar-refractivity contribution is 7.89. The lowest BCUT2D eigenvalue weighted by Gasteiger charge is -2.09. The Hall–Kier alpha value is -1.60. The van der Waals surface area contributed by atoms with Gasteiger partial charge in [0, 0.05) is 6.54 Å². The normalized spacial score (nSPS) is 11.2. The minimum absolute atomic E-state index is 0.0150. The van der Waals surface area contributed by atoms with E-state index >= 15 is 0 Å². The lowest BCUT2D eigenvalue weighted by molar-refractivity contribution is -0.119. The molecule has 0 bridgehead atoms. The van der Waals surface area contributed by atoms with Gasteiger partial charge in [-0.15, -0.1) is 0 Å². The molecule has 0 unspecified atom stereocenters. The van der Waals surface area contributed by atoms with Crippen molar-refractivity contribution in [3.63, 3.8) is 0 Å². The Labute approximate surface area is 119 Å². The van der Waals surface area contributed by atoms with Gasteiger partial charge in [0.25, 0.3) is 0 Å². The Morgan fingerprint density at radius 2 is 1.95 bits per heavy atom. The molecule has 0 heterocycles. The lowest BCUT2D eigenvalue weighted by Crippen LogP contribution is -2.37. The van der Waals surface area contributed by atoms with Crippen LogP contribution in [0.3, 0.4) is 0 Å². The number of amides is 1. The summed E-state index contributed by atoms with van der Waals surface area (Å²) < 4.78 is 26.2. The summed E-state index contributed by atoms with van der Waals surface area (Å²) in [6.07, 6.45) is 2.99. The summed E-state index contributed by atoms with van der Waals surface area (Å²) in [4.78, 5) is 11.5. The summed E-state index contributed by atoms with van der Waals surface area (Å²) >= 11 is 0.